The minimum atomic E-state index is -0.737. The summed E-state index contributed by atoms with van der Waals surface area (Å²) in [5.74, 6) is -0.737. The molecule has 0 amide bonds. The number of hydrogen-bond donors (Lipinski definition) is 2. The van der Waals surface area contributed by atoms with Gasteiger partial charge in [-0.25, -0.2) is 0 Å². The summed E-state index contributed by atoms with van der Waals surface area (Å²) in [5, 5.41) is 17.1. The fourth-order valence-electron chi connectivity index (χ4n) is 2.45. The predicted molar refractivity (Wildman–Crippen MR) is 67.0 cm³/mol. The summed E-state index contributed by atoms with van der Waals surface area (Å²) in [4.78, 5) is 11.0. The molecule has 1 aliphatic rings. The van der Waals surface area contributed by atoms with Crippen LogP contribution in [0.2, 0.25) is 0 Å². The second kappa shape index (κ2) is 3.57. The van der Waals surface area contributed by atoms with Crippen molar-refractivity contribution in [2.75, 3.05) is 0 Å². The molecule has 2 aromatic rings. The van der Waals surface area contributed by atoms with E-state index in [1.807, 2.05) is 18.2 Å². The van der Waals surface area contributed by atoms with Gasteiger partial charge in [-0.15, -0.1) is 0 Å². The number of aromatic nitrogens is 2. The molecule has 4 nitrogen and oxygen atoms in total. The topological polar surface area (TPSA) is 66.0 Å². The number of H-pyrrole nitrogens is 1. The van der Waals surface area contributed by atoms with Gasteiger partial charge in [0.2, 0.25) is 0 Å². The second-order valence-corrected chi connectivity index (χ2v) is 5.38. The number of carbonyl (C=O) groups is 1. The number of nitrogens with zero attached hydrogens (tertiary/aromatic N) is 1. The maximum atomic E-state index is 11.0. The van der Waals surface area contributed by atoms with Crippen LogP contribution in [0.15, 0.2) is 22.8 Å². The maximum absolute atomic E-state index is 11.0. The van der Waals surface area contributed by atoms with Crippen LogP contribution >= 0.6 is 15.9 Å². The Bertz CT molecular complexity index is 602. The van der Waals surface area contributed by atoms with Crippen molar-refractivity contribution in [3.8, 4) is 0 Å². The van der Waals surface area contributed by atoms with E-state index in [0.717, 1.165) is 33.9 Å². The third-order valence-corrected chi connectivity index (χ3v) is 4.02. The lowest BCUT2D eigenvalue weighted by atomic mass is 9.90. The number of aliphatic carboxylic acids is 1. The third kappa shape index (κ3) is 1.65. The van der Waals surface area contributed by atoms with Gasteiger partial charge >= 0.3 is 5.97 Å². The van der Waals surface area contributed by atoms with E-state index in [2.05, 4.69) is 26.1 Å². The Morgan fingerprint density at radius 2 is 2.29 bits per heavy atom. The standard InChI is InChI=1S/C12H11BrN2O2/c13-11-10-7(2-1-3-8(10)14-15-11)12(4-5-12)6-9(16)17/h1-3H,4-6H2,(H,14,15)(H,16,17). The molecular weight excluding hydrogens is 284 g/mol. The second-order valence-electron chi connectivity index (χ2n) is 4.59. The van der Waals surface area contributed by atoms with Crippen molar-refractivity contribution in [3.63, 3.8) is 0 Å². The van der Waals surface area contributed by atoms with E-state index in [4.69, 9.17) is 5.11 Å². The van der Waals surface area contributed by atoms with Crippen LogP contribution in [0.4, 0.5) is 0 Å². The van der Waals surface area contributed by atoms with Crippen LogP contribution in [-0.4, -0.2) is 21.3 Å². The molecule has 0 unspecified atom stereocenters. The average molecular weight is 295 g/mol. The van der Waals surface area contributed by atoms with Crippen LogP contribution in [0.5, 0.6) is 0 Å². The van der Waals surface area contributed by atoms with Gasteiger partial charge < -0.3 is 5.11 Å². The summed E-state index contributed by atoms with van der Waals surface area (Å²) < 4.78 is 0.833. The highest BCUT2D eigenvalue weighted by Gasteiger charge is 2.47. The average Bonchev–Trinajstić information content (AvgIpc) is 2.96. The maximum Gasteiger partial charge on any atom is 0.304 e. The van der Waals surface area contributed by atoms with Gasteiger partial charge in [-0.1, -0.05) is 12.1 Å². The van der Waals surface area contributed by atoms with Gasteiger partial charge in [-0.3, -0.25) is 9.89 Å². The first-order valence-corrected chi connectivity index (χ1v) is 6.27. The van der Waals surface area contributed by atoms with Gasteiger partial charge in [-0.2, -0.15) is 5.10 Å². The largest absolute Gasteiger partial charge is 0.481 e. The van der Waals surface area contributed by atoms with Crippen LogP contribution in [0.3, 0.4) is 0 Å². The summed E-state index contributed by atoms with van der Waals surface area (Å²) in [6, 6.07) is 5.88. The molecule has 0 bridgehead atoms. The first kappa shape index (κ1) is 10.8. The minimum Gasteiger partial charge on any atom is -0.481 e. The lowest BCUT2D eigenvalue weighted by Crippen LogP contribution is -2.13. The molecule has 1 fully saturated rings. The highest BCUT2D eigenvalue weighted by atomic mass is 79.9. The number of halogens is 1. The summed E-state index contributed by atoms with van der Waals surface area (Å²) in [5.41, 5.74) is 1.79. The van der Waals surface area contributed by atoms with E-state index in [0.29, 0.717) is 0 Å². The molecule has 17 heavy (non-hydrogen) atoms. The molecular formula is C12H11BrN2O2. The van der Waals surface area contributed by atoms with Gasteiger partial charge in [0.25, 0.3) is 0 Å². The normalized spacial score (nSPS) is 17.2. The third-order valence-electron chi connectivity index (χ3n) is 3.45. The highest BCUT2D eigenvalue weighted by Crippen LogP contribution is 2.53. The summed E-state index contributed by atoms with van der Waals surface area (Å²) in [7, 11) is 0. The van der Waals surface area contributed by atoms with Crippen molar-refractivity contribution in [2.45, 2.75) is 24.7 Å². The fourth-order valence-corrected chi connectivity index (χ4v) is 2.96. The van der Waals surface area contributed by atoms with Crippen molar-refractivity contribution in [1.29, 1.82) is 0 Å². The van der Waals surface area contributed by atoms with Crippen molar-refractivity contribution in [2.24, 2.45) is 0 Å². The molecule has 3 rings (SSSR count). The molecule has 0 aliphatic heterocycles. The van der Waals surface area contributed by atoms with E-state index < -0.39 is 5.97 Å². The minimum absolute atomic E-state index is 0.183. The molecule has 1 aromatic heterocycles. The van der Waals surface area contributed by atoms with E-state index in [1.165, 1.54) is 0 Å². The van der Waals surface area contributed by atoms with Crippen molar-refractivity contribution in [3.05, 3.63) is 28.4 Å². The van der Waals surface area contributed by atoms with E-state index in [1.54, 1.807) is 0 Å². The van der Waals surface area contributed by atoms with E-state index >= 15 is 0 Å². The Labute approximate surface area is 106 Å². The Morgan fingerprint density at radius 1 is 1.53 bits per heavy atom. The monoisotopic (exact) mass is 294 g/mol. The first-order chi connectivity index (χ1) is 8.12. The van der Waals surface area contributed by atoms with Gasteiger partial charge in [0, 0.05) is 10.8 Å². The zero-order valence-corrected chi connectivity index (χ0v) is 10.6. The molecule has 0 saturated heterocycles. The lowest BCUT2D eigenvalue weighted by Gasteiger charge is -2.14. The Hall–Kier alpha value is -1.36. The smallest absolute Gasteiger partial charge is 0.304 e. The predicted octanol–water partition coefficient (Wildman–Crippen LogP) is 2.83. The highest BCUT2D eigenvalue weighted by molar-refractivity contribution is 9.10. The number of hydrogen-bond acceptors (Lipinski definition) is 2. The quantitative estimate of drug-likeness (QED) is 0.915. The Kier molecular flexibility index (Phi) is 2.26. The van der Waals surface area contributed by atoms with Gasteiger partial charge in [-0.05, 0) is 40.4 Å². The summed E-state index contributed by atoms with van der Waals surface area (Å²) in [6.07, 6.45) is 2.08. The van der Waals surface area contributed by atoms with Gasteiger partial charge in [0.1, 0.15) is 4.60 Å². The molecule has 1 saturated carbocycles. The number of carboxylic acids is 1. The molecule has 2 N–H and O–H groups in total. The number of benzene rings is 1. The van der Waals surface area contributed by atoms with Crippen LogP contribution in [0, 0.1) is 0 Å². The molecule has 88 valence electrons. The fraction of sp³-hybridized carbons (Fsp3) is 0.333. The van der Waals surface area contributed by atoms with E-state index in [9.17, 15) is 4.79 Å². The SMILES string of the molecule is O=C(O)CC1(c2cccc3n[nH]c(Br)c23)CC1. The van der Waals surface area contributed by atoms with Gasteiger partial charge in [0.05, 0.1) is 11.9 Å². The molecule has 0 spiro atoms. The number of nitrogens with one attached hydrogen (secondary N) is 1. The van der Waals surface area contributed by atoms with E-state index in [-0.39, 0.29) is 11.8 Å². The van der Waals surface area contributed by atoms with Crippen LogP contribution < -0.4 is 0 Å². The molecule has 1 aliphatic carbocycles. The zero-order chi connectivity index (χ0) is 12.0. The van der Waals surface area contributed by atoms with Crippen LogP contribution in [0.25, 0.3) is 10.9 Å². The summed E-state index contributed by atoms with van der Waals surface area (Å²) >= 11 is 3.44. The van der Waals surface area contributed by atoms with Crippen molar-refractivity contribution >= 4 is 32.8 Å². The Balaban J connectivity index is 2.17. The van der Waals surface area contributed by atoms with Crippen molar-refractivity contribution < 1.29 is 9.90 Å². The number of fused-ring (bicyclic) bond motifs is 1. The molecule has 0 radical (unpaired) electrons. The zero-order valence-electron chi connectivity index (χ0n) is 9.03. The molecule has 0 atom stereocenters. The number of aromatic amines is 1. The van der Waals surface area contributed by atoms with Crippen molar-refractivity contribution in [1.82, 2.24) is 10.2 Å². The summed E-state index contributed by atoms with van der Waals surface area (Å²) in [6.45, 7) is 0. The number of carboxylic acid groups (broad SMARTS) is 1. The molecule has 5 heteroatoms. The van der Waals surface area contributed by atoms with Gasteiger partial charge in [0.15, 0.2) is 0 Å². The first-order valence-electron chi connectivity index (χ1n) is 5.47. The van der Waals surface area contributed by atoms with Crippen LogP contribution in [-0.2, 0) is 10.2 Å². The lowest BCUT2D eigenvalue weighted by molar-refractivity contribution is -0.137. The molecule has 1 aromatic carbocycles. The molecule has 1 heterocycles. The number of rotatable bonds is 3. The Morgan fingerprint density at radius 3 is 2.94 bits per heavy atom. The van der Waals surface area contributed by atoms with Crippen LogP contribution in [0.1, 0.15) is 24.8 Å².